The Bertz CT molecular complexity index is 1260. The second kappa shape index (κ2) is 7.51. The minimum atomic E-state index is -4.77. The zero-order valence-electron chi connectivity index (χ0n) is 15.4. The number of nitrogens with one attached hydrogen (secondary N) is 2. The van der Waals surface area contributed by atoms with Crippen LogP contribution in [0.1, 0.15) is 11.3 Å². The Hall–Kier alpha value is -3.88. The van der Waals surface area contributed by atoms with E-state index in [0.29, 0.717) is 4.52 Å². The van der Waals surface area contributed by atoms with Crippen LogP contribution in [-0.2, 0) is 17.4 Å². The summed E-state index contributed by atoms with van der Waals surface area (Å²) in [5, 5.41) is 6.02. The van der Waals surface area contributed by atoms with Crippen LogP contribution in [0.3, 0.4) is 0 Å². The number of hydrogen-bond donors (Lipinski definition) is 2. The quantitative estimate of drug-likeness (QED) is 0.534. The highest BCUT2D eigenvalue weighted by molar-refractivity contribution is 5.92. The third-order valence-corrected chi connectivity index (χ3v) is 4.43. The summed E-state index contributed by atoms with van der Waals surface area (Å²) in [7, 11) is 0. The van der Waals surface area contributed by atoms with Gasteiger partial charge in [0.1, 0.15) is 11.5 Å². The molecule has 0 aliphatic carbocycles. The third kappa shape index (κ3) is 3.82. The first-order valence-electron chi connectivity index (χ1n) is 8.95. The highest BCUT2D eigenvalue weighted by Crippen LogP contribution is 2.38. The largest absolute Gasteiger partial charge is 0.435 e. The SMILES string of the molecule is O=C(Cc1ccccc1)Nc1cc(=O)n2nc(C(F)(F)F)c(-c3ccccc3)c2[nH]1. The van der Waals surface area contributed by atoms with Gasteiger partial charge in [-0.3, -0.25) is 9.59 Å². The van der Waals surface area contributed by atoms with Crippen LogP contribution in [0.25, 0.3) is 16.8 Å². The van der Waals surface area contributed by atoms with E-state index in [1.807, 2.05) is 6.07 Å². The molecule has 9 heteroatoms. The molecule has 30 heavy (non-hydrogen) atoms. The van der Waals surface area contributed by atoms with Crippen molar-refractivity contribution in [3.63, 3.8) is 0 Å². The first kappa shape index (κ1) is 19.4. The highest BCUT2D eigenvalue weighted by Gasteiger charge is 2.39. The summed E-state index contributed by atoms with van der Waals surface area (Å²) in [5.74, 6) is -0.433. The molecule has 0 spiro atoms. The second-order valence-corrected chi connectivity index (χ2v) is 6.58. The Balaban J connectivity index is 1.79. The maximum absolute atomic E-state index is 13.6. The van der Waals surface area contributed by atoms with Crippen molar-refractivity contribution in [3.05, 3.63) is 88.3 Å². The van der Waals surface area contributed by atoms with Crippen LogP contribution >= 0.6 is 0 Å². The molecule has 0 saturated carbocycles. The molecule has 0 aliphatic heterocycles. The third-order valence-electron chi connectivity index (χ3n) is 4.43. The number of rotatable bonds is 4. The van der Waals surface area contributed by atoms with E-state index in [9.17, 15) is 22.8 Å². The van der Waals surface area contributed by atoms with Gasteiger partial charge >= 0.3 is 6.18 Å². The summed E-state index contributed by atoms with van der Waals surface area (Å²) in [6.45, 7) is 0. The van der Waals surface area contributed by atoms with Gasteiger partial charge in [-0.25, -0.2) is 0 Å². The number of nitrogens with zero attached hydrogens (tertiary/aromatic N) is 2. The zero-order chi connectivity index (χ0) is 21.3. The van der Waals surface area contributed by atoms with Crippen molar-refractivity contribution >= 4 is 17.4 Å². The molecule has 0 atom stereocenters. The average molecular weight is 412 g/mol. The minimum absolute atomic E-state index is 0.0146. The summed E-state index contributed by atoms with van der Waals surface area (Å²) in [6, 6.07) is 17.7. The number of H-pyrrole nitrogens is 1. The monoisotopic (exact) mass is 412 g/mol. The van der Waals surface area contributed by atoms with Gasteiger partial charge in [0.05, 0.1) is 12.0 Å². The van der Waals surface area contributed by atoms with Crippen molar-refractivity contribution in [2.24, 2.45) is 0 Å². The molecule has 2 heterocycles. The molecular weight excluding hydrogens is 397 g/mol. The van der Waals surface area contributed by atoms with Gasteiger partial charge < -0.3 is 10.3 Å². The number of anilines is 1. The number of carbonyl (C=O) groups is 1. The molecule has 0 bridgehead atoms. The second-order valence-electron chi connectivity index (χ2n) is 6.58. The predicted octanol–water partition coefficient (Wildman–Crippen LogP) is 3.89. The van der Waals surface area contributed by atoms with E-state index in [1.54, 1.807) is 42.5 Å². The molecule has 0 radical (unpaired) electrons. The molecule has 0 fully saturated rings. The van der Waals surface area contributed by atoms with Gasteiger partial charge in [-0.1, -0.05) is 60.7 Å². The Morgan fingerprint density at radius 3 is 2.30 bits per heavy atom. The van der Waals surface area contributed by atoms with E-state index in [2.05, 4.69) is 15.4 Å². The summed E-state index contributed by atoms with van der Waals surface area (Å²) >= 11 is 0. The van der Waals surface area contributed by atoms with Crippen LogP contribution in [0.2, 0.25) is 0 Å². The van der Waals surface area contributed by atoms with Crippen molar-refractivity contribution < 1.29 is 18.0 Å². The van der Waals surface area contributed by atoms with Gasteiger partial charge in [-0.05, 0) is 11.1 Å². The number of alkyl halides is 3. The van der Waals surface area contributed by atoms with Crippen LogP contribution in [0.15, 0.2) is 71.5 Å². The Labute approximate surface area is 168 Å². The normalized spacial score (nSPS) is 11.6. The average Bonchev–Trinajstić information content (AvgIpc) is 3.10. The lowest BCUT2D eigenvalue weighted by Gasteiger charge is -2.08. The molecule has 2 aromatic carbocycles. The number of aromatic amines is 1. The van der Waals surface area contributed by atoms with Gasteiger partial charge in [-0.2, -0.15) is 22.8 Å². The van der Waals surface area contributed by atoms with Crippen molar-refractivity contribution in [1.29, 1.82) is 0 Å². The van der Waals surface area contributed by atoms with Crippen LogP contribution in [-0.4, -0.2) is 20.5 Å². The van der Waals surface area contributed by atoms with Crippen molar-refractivity contribution in [1.82, 2.24) is 14.6 Å². The van der Waals surface area contributed by atoms with E-state index in [-0.39, 0.29) is 29.0 Å². The molecule has 1 amide bonds. The van der Waals surface area contributed by atoms with Gasteiger partial charge in [0.25, 0.3) is 5.56 Å². The highest BCUT2D eigenvalue weighted by atomic mass is 19.4. The maximum Gasteiger partial charge on any atom is 0.435 e. The van der Waals surface area contributed by atoms with Crippen LogP contribution in [0.4, 0.5) is 19.0 Å². The summed E-state index contributed by atoms with van der Waals surface area (Å²) in [6.07, 6.45) is -4.72. The molecule has 0 unspecified atom stereocenters. The molecule has 152 valence electrons. The van der Waals surface area contributed by atoms with E-state index in [4.69, 9.17) is 0 Å². The predicted molar refractivity (Wildman–Crippen MR) is 105 cm³/mol. The fraction of sp³-hybridized carbons (Fsp3) is 0.0952. The first-order chi connectivity index (χ1) is 14.3. The summed E-state index contributed by atoms with van der Waals surface area (Å²) in [5.41, 5.74) is -1.41. The molecule has 6 nitrogen and oxygen atoms in total. The summed E-state index contributed by atoms with van der Waals surface area (Å²) in [4.78, 5) is 27.5. The molecule has 4 rings (SSSR count). The Kier molecular flexibility index (Phi) is 4.86. The maximum atomic E-state index is 13.6. The lowest BCUT2D eigenvalue weighted by molar-refractivity contribution is -0.140. The molecule has 2 N–H and O–H groups in total. The molecule has 0 saturated heterocycles. The number of carbonyl (C=O) groups excluding carboxylic acids is 1. The number of amides is 1. The molecular formula is C21H15F3N4O2. The molecule has 4 aromatic rings. The zero-order valence-corrected chi connectivity index (χ0v) is 15.4. The Morgan fingerprint density at radius 1 is 1.03 bits per heavy atom. The lowest BCUT2D eigenvalue weighted by atomic mass is 10.1. The van der Waals surface area contributed by atoms with Crippen LogP contribution in [0, 0.1) is 0 Å². The molecule has 2 aromatic heterocycles. The van der Waals surface area contributed by atoms with Crippen LogP contribution in [0.5, 0.6) is 0 Å². The Morgan fingerprint density at radius 2 is 1.67 bits per heavy atom. The number of fused-ring (bicyclic) bond motifs is 1. The smallest absolute Gasteiger partial charge is 0.326 e. The molecule has 0 aliphatic rings. The lowest BCUT2D eigenvalue weighted by Crippen LogP contribution is -2.20. The van der Waals surface area contributed by atoms with Crippen molar-refractivity contribution in [2.75, 3.05) is 5.32 Å². The fourth-order valence-electron chi connectivity index (χ4n) is 3.16. The first-order valence-corrected chi connectivity index (χ1v) is 8.95. The van der Waals surface area contributed by atoms with E-state index in [1.165, 1.54) is 12.1 Å². The van der Waals surface area contributed by atoms with Crippen LogP contribution < -0.4 is 10.9 Å². The van der Waals surface area contributed by atoms with Gasteiger partial charge in [0.2, 0.25) is 5.91 Å². The minimum Gasteiger partial charge on any atom is -0.326 e. The summed E-state index contributed by atoms with van der Waals surface area (Å²) < 4.78 is 41.4. The number of hydrogen-bond acceptors (Lipinski definition) is 3. The number of benzene rings is 2. The van der Waals surface area contributed by atoms with Gasteiger partial charge in [0, 0.05) is 6.07 Å². The topological polar surface area (TPSA) is 79.3 Å². The van der Waals surface area contributed by atoms with E-state index >= 15 is 0 Å². The van der Waals surface area contributed by atoms with Gasteiger partial charge in [0.15, 0.2) is 5.69 Å². The van der Waals surface area contributed by atoms with Crippen molar-refractivity contribution in [2.45, 2.75) is 12.6 Å². The van der Waals surface area contributed by atoms with E-state index < -0.39 is 23.3 Å². The van der Waals surface area contributed by atoms with E-state index in [0.717, 1.165) is 11.6 Å². The van der Waals surface area contributed by atoms with Crippen molar-refractivity contribution in [3.8, 4) is 11.1 Å². The number of halogens is 3. The fourth-order valence-corrected chi connectivity index (χ4v) is 3.16. The van der Waals surface area contributed by atoms with Gasteiger partial charge in [-0.15, -0.1) is 0 Å². The standard InChI is InChI=1S/C21H15F3N4O2/c22-21(23,24)19-18(14-9-5-2-6-10-14)20-26-15(12-17(30)28(20)27-19)25-16(29)11-13-7-3-1-4-8-13/h1-10,12,26H,11H2,(H,25,29). The number of aromatic nitrogens is 3.